The number of rotatable bonds is 2. The molecule has 17 heavy (non-hydrogen) atoms. The summed E-state index contributed by atoms with van der Waals surface area (Å²) in [5.74, 6) is 0.0981. The Kier molecular flexibility index (Phi) is 4.55. The van der Waals surface area contributed by atoms with Gasteiger partial charge in [0.25, 0.3) is 0 Å². The Morgan fingerprint density at radius 3 is 1.94 bits per heavy atom. The van der Waals surface area contributed by atoms with Crippen molar-refractivity contribution in [3.8, 4) is 0 Å². The van der Waals surface area contributed by atoms with Crippen molar-refractivity contribution in [2.75, 3.05) is 26.2 Å². The van der Waals surface area contributed by atoms with E-state index in [0.717, 1.165) is 26.2 Å². The molecule has 1 amide bonds. The number of carbonyl (C=O) groups excluding carboxylic acids is 1. The van der Waals surface area contributed by atoms with Crippen LogP contribution < -0.4 is 5.73 Å². The van der Waals surface area contributed by atoms with Gasteiger partial charge in [-0.2, -0.15) is 0 Å². The zero-order valence-corrected chi connectivity index (χ0v) is 11.9. The molecule has 4 heteroatoms. The van der Waals surface area contributed by atoms with E-state index >= 15 is 0 Å². The molecule has 0 aromatic heterocycles. The summed E-state index contributed by atoms with van der Waals surface area (Å²) in [6.07, 6.45) is 0. The van der Waals surface area contributed by atoms with Gasteiger partial charge < -0.3 is 10.6 Å². The minimum Gasteiger partial charge on any atom is -0.339 e. The molecule has 2 N–H and O–H groups in total. The van der Waals surface area contributed by atoms with E-state index in [1.807, 2.05) is 25.7 Å². The Morgan fingerprint density at radius 2 is 1.59 bits per heavy atom. The van der Waals surface area contributed by atoms with E-state index in [9.17, 15) is 4.79 Å². The molecule has 0 aliphatic carbocycles. The van der Waals surface area contributed by atoms with Crippen molar-refractivity contribution in [2.24, 2.45) is 11.1 Å². The van der Waals surface area contributed by atoms with Crippen molar-refractivity contribution < 1.29 is 4.79 Å². The van der Waals surface area contributed by atoms with Gasteiger partial charge >= 0.3 is 0 Å². The molecule has 0 spiro atoms. The first kappa shape index (κ1) is 14.5. The molecule has 1 aliphatic rings. The quantitative estimate of drug-likeness (QED) is 0.782. The Balaban J connectivity index is 2.52. The van der Waals surface area contributed by atoms with Crippen LogP contribution in [-0.4, -0.2) is 54.0 Å². The summed E-state index contributed by atoms with van der Waals surface area (Å²) in [4.78, 5) is 16.5. The van der Waals surface area contributed by atoms with Gasteiger partial charge in [-0.15, -0.1) is 0 Å². The number of nitrogens with two attached hydrogens (primary N) is 1. The number of nitrogens with zero attached hydrogens (tertiary/aromatic N) is 2. The molecule has 0 aromatic carbocycles. The fourth-order valence-corrected chi connectivity index (χ4v) is 2.03. The summed E-state index contributed by atoms with van der Waals surface area (Å²) in [5, 5.41) is 0. The first-order chi connectivity index (χ1) is 7.73. The molecule has 1 rings (SSSR count). The Hall–Kier alpha value is -0.610. The molecule has 100 valence electrons. The van der Waals surface area contributed by atoms with E-state index in [1.165, 1.54) is 0 Å². The zero-order valence-electron chi connectivity index (χ0n) is 11.9. The average molecular weight is 241 g/mol. The highest BCUT2D eigenvalue weighted by Crippen LogP contribution is 2.19. The highest BCUT2D eigenvalue weighted by Gasteiger charge is 2.32. The smallest absolute Gasteiger partial charge is 0.240 e. The summed E-state index contributed by atoms with van der Waals surface area (Å²) in [7, 11) is 0. The SMILES string of the molecule is CC(C)N1CCN(C(=O)[C@@H](N)C(C)(C)C)CC1. The number of amides is 1. The minimum absolute atomic E-state index is 0.0981. The normalized spacial score (nSPS) is 20.8. The van der Waals surface area contributed by atoms with Gasteiger partial charge in [0.2, 0.25) is 5.91 Å². The van der Waals surface area contributed by atoms with E-state index in [4.69, 9.17) is 5.73 Å². The number of hydrogen-bond donors (Lipinski definition) is 1. The number of piperazine rings is 1. The molecule has 1 aliphatic heterocycles. The average Bonchev–Trinajstić information content (AvgIpc) is 2.26. The predicted octanol–water partition coefficient (Wildman–Crippen LogP) is 0.912. The highest BCUT2D eigenvalue weighted by atomic mass is 16.2. The third-order valence-corrected chi connectivity index (χ3v) is 3.56. The first-order valence-corrected chi connectivity index (χ1v) is 6.52. The maximum absolute atomic E-state index is 12.2. The van der Waals surface area contributed by atoms with Crippen LogP contribution in [0.3, 0.4) is 0 Å². The topological polar surface area (TPSA) is 49.6 Å². The van der Waals surface area contributed by atoms with Gasteiger partial charge in [-0.05, 0) is 19.3 Å². The van der Waals surface area contributed by atoms with E-state index in [0.29, 0.717) is 6.04 Å². The molecule has 0 aromatic rings. The van der Waals surface area contributed by atoms with Crippen molar-refractivity contribution >= 4 is 5.91 Å². The molecule has 1 heterocycles. The van der Waals surface area contributed by atoms with Gasteiger partial charge in [-0.3, -0.25) is 9.69 Å². The fraction of sp³-hybridized carbons (Fsp3) is 0.923. The molecular formula is C13H27N3O. The van der Waals surface area contributed by atoms with Crippen LogP contribution in [0.4, 0.5) is 0 Å². The maximum atomic E-state index is 12.2. The molecule has 0 radical (unpaired) electrons. The van der Waals surface area contributed by atoms with E-state index in [2.05, 4.69) is 18.7 Å². The molecule has 1 atom stereocenters. The molecule has 0 unspecified atom stereocenters. The van der Waals surface area contributed by atoms with Gasteiger partial charge in [0.05, 0.1) is 6.04 Å². The van der Waals surface area contributed by atoms with Crippen molar-refractivity contribution in [3.05, 3.63) is 0 Å². The van der Waals surface area contributed by atoms with Gasteiger partial charge in [0.15, 0.2) is 0 Å². The molecular weight excluding hydrogens is 214 g/mol. The van der Waals surface area contributed by atoms with E-state index in [1.54, 1.807) is 0 Å². The summed E-state index contributed by atoms with van der Waals surface area (Å²) >= 11 is 0. The third-order valence-electron chi connectivity index (χ3n) is 3.56. The van der Waals surface area contributed by atoms with Crippen LogP contribution in [0.2, 0.25) is 0 Å². The van der Waals surface area contributed by atoms with Crippen LogP contribution in [0.5, 0.6) is 0 Å². The second kappa shape index (κ2) is 5.36. The Bertz CT molecular complexity index is 262. The summed E-state index contributed by atoms with van der Waals surface area (Å²) in [5.41, 5.74) is 5.85. The number of carbonyl (C=O) groups is 1. The fourth-order valence-electron chi connectivity index (χ4n) is 2.03. The summed E-state index contributed by atoms with van der Waals surface area (Å²) in [6, 6.07) is 0.164. The number of hydrogen-bond acceptors (Lipinski definition) is 3. The molecule has 1 fully saturated rings. The summed E-state index contributed by atoms with van der Waals surface area (Å²) in [6.45, 7) is 14.0. The molecule has 4 nitrogen and oxygen atoms in total. The van der Waals surface area contributed by atoms with Gasteiger partial charge in [0, 0.05) is 32.2 Å². The van der Waals surface area contributed by atoms with Crippen molar-refractivity contribution in [3.63, 3.8) is 0 Å². The third kappa shape index (κ3) is 3.68. The Morgan fingerprint density at radius 1 is 1.12 bits per heavy atom. The van der Waals surface area contributed by atoms with Crippen molar-refractivity contribution in [1.82, 2.24) is 9.80 Å². The lowest BCUT2D eigenvalue weighted by atomic mass is 9.86. The molecule has 0 saturated carbocycles. The van der Waals surface area contributed by atoms with E-state index in [-0.39, 0.29) is 11.3 Å². The minimum atomic E-state index is -0.395. The van der Waals surface area contributed by atoms with Gasteiger partial charge in [-0.25, -0.2) is 0 Å². The second-order valence-corrected chi connectivity index (χ2v) is 6.30. The van der Waals surface area contributed by atoms with Crippen LogP contribution in [0, 0.1) is 5.41 Å². The standard InChI is InChI=1S/C13H27N3O/c1-10(2)15-6-8-16(9-7-15)12(17)11(14)13(3,4)5/h10-11H,6-9,14H2,1-5H3/t11-/m1/s1. The first-order valence-electron chi connectivity index (χ1n) is 6.52. The second-order valence-electron chi connectivity index (χ2n) is 6.30. The lowest BCUT2D eigenvalue weighted by Gasteiger charge is -2.39. The van der Waals surface area contributed by atoms with Crippen molar-refractivity contribution in [1.29, 1.82) is 0 Å². The zero-order chi connectivity index (χ0) is 13.2. The van der Waals surface area contributed by atoms with Gasteiger partial charge in [-0.1, -0.05) is 20.8 Å². The summed E-state index contributed by atoms with van der Waals surface area (Å²) < 4.78 is 0. The van der Waals surface area contributed by atoms with Crippen LogP contribution in [-0.2, 0) is 4.79 Å². The van der Waals surface area contributed by atoms with Gasteiger partial charge in [0.1, 0.15) is 0 Å². The van der Waals surface area contributed by atoms with E-state index < -0.39 is 6.04 Å². The maximum Gasteiger partial charge on any atom is 0.240 e. The van der Waals surface area contributed by atoms with Crippen LogP contribution in [0.1, 0.15) is 34.6 Å². The highest BCUT2D eigenvalue weighted by molar-refractivity contribution is 5.82. The lowest BCUT2D eigenvalue weighted by molar-refractivity contribution is -0.137. The lowest BCUT2D eigenvalue weighted by Crippen LogP contribution is -2.57. The van der Waals surface area contributed by atoms with Crippen molar-refractivity contribution in [2.45, 2.75) is 46.7 Å². The predicted molar refractivity (Wildman–Crippen MR) is 70.7 cm³/mol. The Labute approximate surface area is 105 Å². The van der Waals surface area contributed by atoms with Crippen LogP contribution in [0.25, 0.3) is 0 Å². The largest absolute Gasteiger partial charge is 0.339 e. The monoisotopic (exact) mass is 241 g/mol. The van der Waals surface area contributed by atoms with Crippen LogP contribution >= 0.6 is 0 Å². The van der Waals surface area contributed by atoms with Crippen LogP contribution in [0.15, 0.2) is 0 Å². The molecule has 1 saturated heterocycles. The molecule has 0 bridgehead atoms.